The van der Waals surface area contributed by atoms with Crippen molar-refractivity contribution >= 4 is 32.4 Å². The first-order valence-electron chi connectivity index (χ1n) is 8.79. The van der Waals surface area contributed by atoms with Crippen LogP contribution in [0, 0.1) is 5.82 Å². The molecule has 1 heterocycles. The Balaban J connectivity index is 1.90. The van der Waals surface area contributed by atoms with E-state index in [2.05, 4.69) is 10.3 Å². The van der Waals surface area contributed by atoms with Gasteiger partial charge in [0, 0.05) is 36.8 Å². The van der Waals surface area contributed by atoms with Crippen molar-refractivity contribution in [3.63, 3.8) is 0 Å². The van der Waals surface area contributed by atoms with E-state index in [1.54, 1.807) is 30.5 Å². The first kappa shape index (κ1) is 20.8. The molecule has 1 aromatic heterocycles. The van der Waals surface area contributed by atoms with Gasteiger partial charge in [-0.1, -0.05) is 24.3 Å². The Morgan fingerprint density at radius 1 is 1.17 bits per heavy atom. The second-order valence-electron chi connectivity index (χ2n) is 6.21. The Morgan fingerprint density at radius 3 is 2.72 bits per heavy atom. The van der Waals surface area contributed by atoms with Crippen molar-refractivity contribution in [1.29, 1.82) is 0 Å². The smallest absolute Gasteiger partial charge is 0.244 e. The molecule has 9 heteroatoms. The number of hydrogen-bond acceptors (Lipinski definition) is 5. The molecule has 2 aromatic carbocycles. The van der Waals surface area contributed by atoms with Gasteiger partial charge in [-0.3, -0.25) is 9.78 Å². The third-order valence-electron chi connectivity index (χ3n) is 4.27. The molecule has 0 saturated heterocycles. The van der Waals surface area contributed by atoms with Gasteiger partial charge in [-0.25, -0.2) is 12.8 Å². The third-order valence-corrected chi connectivity index (χ3v) is 6.17. The van der Waals surface area contributed by atoms with Crippen molar-refractivity contribution in [2.24, 2.45) is 0 Å². The summed E-state index contributed by atoms with van der Waals surface area (Å²) >= 11 is 0. The van der Waals surface area contributed by atoms with Gasteiger partial charge >= 0.3 is 0 Å². The fourth-order valence-electron chi connectivity index (χ4n) is 2.85. The highest BCUT2D eigenvalue weighted by Crippen LogP contribution is 2.25. The van der Waals surface area contributed by atoms with Crippen LogP contribution in [-0.4, -0.2) is 50.4 Å². The molecule has 0 aliphatic heterocycles. The number of anilines is 1. The summed E-state index contributed by atoms with van der Waals surface area (Å²) in [6.45, 7) is -0.426. The van der Waals surface area contributed by atoms with E-state index in [9.17, 15) is 17.6 Å². The molecule has 0 fully saturated rings. The number of rotatable bonds is 8. The fraction of sp³-hybridized carbons (Fsp3) is 0.200. The molecule has 0 spiro atoms. The van der Waals surface area contributed by atoms with E-state index in [4.69, 9.17) is 4.74 Å². The van der Waals surface area contributed by atoms with Crippen LogP contribution in [0.25, 0.3) is 10.8 Å². The van der Waals surface area contributed by atoms with Crippen molar-refractivity contribution in [3.05, 3.63) is 66.7 Å². The lowest BCUT2D eigenvalue weighted by Gasteiger charge is -2.22. The number of pyridine rings is 1. The lowest BCUT2D eigenvalue weighted by Crippen LogP contribution is -2.40. The predicted octanol–water partition coefficient (Wildman–Crippen LogP) is 2.65. The minimum absolute atomic E-state index is 0.0159. The van der Waals surface area contributed by atoms with Gasteiger partial charge in [-0.05, 0) is 24.3 Å². The first-order chi connectivity index (χ1) is 13.9. The summed E-state index contributed by atoms with van der Waals surface area (Å²) in [7, 11) is -2.59. The van der Waals surface area contributed by atoms with Gasteiger partial charge < -0.3 is 10.1 Å². The second-order valence-corrected chi connectivity index (χ2v) is 8.12. The number of fused-ring (bicyclic) bond motifs is 1. The molecule has 3 rings (SSSR count). The number of carbonyl (C=O) groups excluding carboxylic acids is 1. The number of carbonyl (C=O) groups is 1. The molecule has 0 saturated carbocycles. The maximum absolute atomic E-state index is 13.8. The van der Waals surface area contributed by atoms with Crippen molar-refractivity contribution < 1.29 is 22.3 Å². The zero-order valence-electron chi connectivity index (χ0n) is 15.7. The van der Waals surface area contributed by atoms with Gasteiger partial charge in [0.2, 0.25) is 15.9 Å². The minimum atomic E-state index is -4.03. The normalized spacial score (nSPS) is 11.7. The van der Waals surface area contributed by atoms with Gasteiger partial charge in [0.15, 0.2) is 0 Å². The minimum Gasteiger partial charge on any atom is -0.383 e. The molecule has 7 nitrogen and oxygen atoms in total. The number of halogens is 1. The number of benzene rings is 2. The van der Waals surface area contributed by atoms with Crippen molar-refractivity contribution in [1.82, 2.24) is 9.29 Å². The van der Waals surface area contributed by atoms with Crippen molar-refractivity contribution in [2.45, 2.75) is 4.90 Å². The summed E-state index contributed by atoms with van der Waals surface area (Å²) in [4.78, 5) is 16.5. The number of hydrogen-bond donors (Lipinski definition) is 1. The van der Waals surface area contributed by atoms with E-state index in [0.29, 0.717) is 10.8 Å². The van der Waals surface area contributed by atoms with Gasteiger partial charge in [-0.2, -0.15) is 4.31 Å². The highest BCUT2D eigenvalue weighted by Gasteiger charge is 2.28. The standard InChI is InChI=1S/C20H20FN3O4S/c1-28-12-11-24(14-20(25)23-18-7-3-2-6-17(18)21)29(26,27)19-8-4-5-15-13-22-10-9-16(15)19/h2-10,13H,11-12,14H2,1H3,(H,23,25). The summed E-state index contributed by atoms with van der Waals surface area (Å²) < 4.78 is 46.4. The molecule has 0 aliphatic carbocycles. The summed E-state index contributed by atoms with van der Waals surface area (Å²) in [5.41, 5.74) is -0.0159. The number of sulfonamides is 1. The molecule has 152 valence electrons. The van der Waals surface area contributed by atoms with Gasteiger partial charge in [-0.15, -0.1) is 0 Å². The maximum Gasteiger partial charge on any atom is 0.244 e. The number of nitrogens with zero attached hydrogens (tertiary/aromatic N) is 2. The molecule has 0 bridgehead atoms. The Kier molecular flexibility index (Phi) is 6.53. The quantitative estimate of drug-likeness (QED) is 0.609. The third kappa shape index (κ3) is 4.76. The van der Waals surface area contributed by atoms with E-state index in [1.165, 1.54) is 37.6 Å². The van der Waals surface area contributed by atoms with Crippen LogP contribution in [0.2, 0.25) is 0 Å². The highest BCUT2D eigenvalue weighted by molar-refractivity contribution is 7.89. The van der Waals surface area contributed by atoms with E-state index < -0.39 is 28.3 Å². The molecule has 1 N–H and O–H groups in total. The van der Waals surface area contributed by atoms with Crippen molar-refractivity contribution in [3.8, 4) is 0 Å². The predicted molar refractivity (Wildman–Crippen MR) is 107 cm³/mol. The molecule has 0 aliphatic rings. The Morgan fingerprint density at radius 2 is 1.97 bits per heavy atom. The van der Waals surface area contributed by atoms with Gasteiger partial charge in [0.25, 0.3) is 0 Å². The van der Waals surface area contributed by atoms with Crippen LogP contribution >= 0.6 is 0 Å². The molecule has 3 aromatic rings. The molecule has 0 atom stereocenters. The summed E-state index contributed by atoms with van der Waals surface area (Å²) in [6.07, 6.45) is 3.07. The molecule has 1 amide bonds. The van der Waals surface area contributed by atoms with Crippen LogP contribution in [-0.2, 0) is 19.6 Å². The molecular weight excluding hydrogens is 397 g/mol. The van der Waals surface area contributed by atoms with Crippen LogP contribution in [0.1, 0.15) is 0 Å². The van der Waals surface area contributed by atoms with Crippen LogP contribution in [0.4, 0.5) is 10.1 Å². The zero-order valence-corrected chi connectivity index (χ0v) is 16.5. The number of para-hydroxylation sites is 1. The number of nitrogens with one attached hydrogen (secondary N) is 1. The Bertz CT molecular complexity index is 1120. The van der Waals surface area contributed by atoms with Crippen LogP contribution < -0.4 is 5.32 Å². The molecular formula is C20H20FN3O4S. The molecule has 0 unspecified atom stereocenters. The summed E-state index contributed by atoms with van der Waals surface area (Å²) in [5, 5.41) is 3.57. The Labute approximate surface area is 168 Å². The van der Waals surface area contributed by atoms with E-state index >= 15 is 0 Å². The average Bonchev–Trinajstić information content (AvgIpc) is 2.72. The largest absolute Gasteiger partial charge is 0.383 e. The second kappa shape index (κ2) is 9.08. The lowest BCUT2D eigenvalue weighted by molar-refractivity contribution is -0.116. The zero-order chi connectivity index (χ0) is 20.9. The Hall–Kier alpha value is -2.88. The number of amides is 1. The monoisotopic (exact) mass is 417 g/mol. The fourth-order valence-corrected chi connectivity index (χ4v) is 4.44. The summed E-state index contributed by atoms with van der Waals surface area (Å²) in [5.74, 6) is -1.26. The van der Waals surface area contributed by atoms with Crippen LogP contribution in [0.15, 0.2) is 65.8 Å². The maximum atomic E-state index is 13.8. The average molecular weight is 417 g/mol. The van der Waals surface area contributed by atoms with E-state index in [0.717, 1.165) is 4.31 Å². The number of ether oxygens (including phenoxy) is 1. The topological polar surface area (TPSA) is 88.6 Å². The first-order valence-corrected chi connectivity index (χ1v) is 10.2. The van der Waals surface area contributed by atoms with Gasteiger partial charge in [0.1, 0.15) is 5.82 Å². The van der Waals surface area contributed by atoms with E-state index in [-0.39, 0.29) is 23.7 Å². The molecule has 29 heavy (non-hydrogen) atoms. The highest BCUT2D eigenvalue weighted by atomic mass is 32.2. The SMILES string of the molecule is COCCN(CC(=O)Nc1ccccc1F)S(=O)(=O)c1cccc2cnccc12. The van der Waals surface area contributed by atoms with Crippen LogP contribution in [0.3, 0.4) is 0 Å². The van der Waals surface area contributed by atoms with Crippen molar-refractivity contribution in [2.75, 3.05) is 32.1 Å². The molecule has 0 radical (unpaired) electrons. The number of aromatic nitrogens is 1. The number of methoxy groups -OCH3 is 1. The van der Waals surface area contributed by atoms with Crippen LogP contribution in [0.5, 0.6) is 0 Å². The van der Waals surface area contributed by atoms with E-state index in [1.807, 2.05) is 0 Å². The van der Waals surface area contributed by atoms with Gasteiger partial charge in [0.05, 0.1) is 23.7 Å². The summed E-state index contributed by atoms with van der Waals surface area (Å²) in [6, 6.07) is 12.1. The lowest BCUT2D eigenvalue weighted by atomic mass is 10.2.